The van der Waals surface area contributed by atoms with Crippen LogP contribution in [-0.4, -0.2) is 25.4 Å². The fourth-order valence-corrected chi connectivity index (χ4v) is 2.62. The quantitative estimate of drug-likeness (QED) is 0.703. The van der Waals surface area contributed by atoms with Gasteiger partial charge in [-0.3, -0.25) is 0 Å². The summed E-state index contributed by atoms with van der Waals surface area (Å²) in [7, 11) is 0. The molecule has 0 aliphatic heterocycles. The summed E-state index contributed by atoms with van der Waals surface area (Å²) in [5.41, 5.74) is 0. The van der Waals surface area contributed by atoms with Crippen LogP contribution in [0.25, 0.3) is 0 Å². The highest BCUT2D eigenvalue weighted by molar-refractivity contribution is 4.78. The Labute approximate surface area is 107 Å². The molecule has 2 nitrogen and oxygen atoms in total. The molecule has 0 heterocycles. The van der Waals surface area contributed by atoms with Gasteiger partial charge in [0.2, 0.25) is 0 Å². The van der Waals surface area contributed by atoms with Crippen LogP contribution in [0.5, 0.6) is 0 Å². The van der Waals surface area contributed by atoms with Gasteiger partial charge in [0.1, 0.15) is 0 Å². The Bertz CT molecular complexity index is 201. The van der Waals surface area contributed by atoms with E-state index in [-0.39, 0.29) is 0 Å². The largest absolute Gasteiger partial charge is 0.378 e. The lowest BCUT2D eigenvalue weighted by molar-refractivity contribution is -0.0264. The Balaban J connectivity index is 2.40. The van der Waals surface area contributed by atoms with Crippen molar-refractivity contribution in [3.05, 3.63) is 0 Å². The molecule has 0 N–H and O–H groups in total. The van der Waals surface area contributed by atoms with Crippen LogP contribution in [0.15, 0.2) is 0 Å². The van der Waals surface area contributed by atoms with E-state index in [1.807, 2.05) is 0 Å². The van der Waals surface area contributed by atoms with Gasteiger partial charge in [-0.05, 0) is 58.3 Å². The van der Waals surface area contributed by atoms with Crippen LogP contribution in [0.2, 0.25) is 0 Å². The normalized spacial score (nSPS) is 30.2. The van der Waals surface area contributed by atoms with Gasteiger partial charge in [-0.15, -0.1) is 0 Å². The van der Waals surface area contributed by atoms with E-state index in [2.05, 4.69) is 34.6 Å². The summed E-state index contributed by atoms with van der Waals surface area (Å²) < 4.78 is 11.6. The van der Waals surface area contributed by atoms with Crippen molar-refractivity contribution in [3.63, 3.8) is 0 Å². The Morgan fingerprint density at radius 3 is 1.94 bits per heavy atom. The second-order valence-corrected chi connectivity index (χ2v) is 6.20. The monoisotopic (exact) mass is 242 g/mol. The average Bonchev–Trinajstić information content (AvgIpc) is 2.24. The fraction of sp³-hybridized carbons (Fsp3) is 1.00. The molecule has 0 aromatic carbocycles. The van der Waals surface area contributed by atoms with Crippen LogP contribution < -0.4 is 0 Å². The smallest absolute Gasteiger partial charge is 0.0519 e. The van der Waals surface area contributed by atoms with Crippen molar-refractivity contribution in [2.24, 2.45) is 17.8 Å². The van der Waals surface area contributed by atoms with Crippen LogP contribution >= 0.6 is 0 Å². The van der Waals surface area contributed by atoms with Crippen LogP contribution in [-0.2, 0) is 9.47 Å². The molecule has 102 valence electrons. The predicted octanol–water partition coefficient (Wildman–Crippen LogP) is 3.89. The third-order valence-corrected chi connectivity index (χ3v) is 3.69. The van der Waals surface area contributed by atoms with E-state index in [1.54, 1.807) is 0 Å². The van der Waals surface area contributed by atoms with Crippen LogP contribution in [0, 0.1) is 17.8 Å². The molecule has 0 radical (unpaired) electrons. The summed E-state index contributed by atoms with van der Waals surface area (Å²) in [6, 6.07) is 0. The molecule has 1 aliphatic carbocycles. The zero-order chi connectivity index (χ0) is 12.8. The highest BCUT2D eigenvalue weighted by Crippen LogP contribution is 2.34. The lowest BCUT2D eigenvalue weighted by atomic mass is 9.75. The van der Waals surface area contributed by atoms with Gasteiger partial charge in [0, 0.05) is 0 Å². The Morgan fingerprint density at radius 2 is 1.41 bits per heavy atom. The van der Waals surface area contributed by atoms with E-state index in [4.69, 9.17) is 9.47 Å². The molecule has 1 aliphatic rings. The highest BCUT2D eigenvalue weighted by Gasteiger charge is 2.29. The first-order chi connectivity index (χ1) is 7.99. The Kier molecular flexibility index (Phi) is 6.50. The average molecular weight is 242 g/mol. The molecule has 0 bridgehead atoms. The summed E-state index contributed by atoms with van der Waals surface area (Å²) in [4.78, 5) is 0. The van der Waals surface area contributed by atoms with Crippen molar-refractivity contribution in [2.45, 2.75) is 66.1 Å². The SMILES string of the molecule is CC1CCC(COC(C)C)C(COC(C)C)C1. The summed E-state index contributed by atoms with van der Waals surface area (Å²) in [5.74, 6) is 2.25. The highest BCUT2D eigenvalue weighted by atomic mass is 16.5. The van der Waals surface area contributed by atoms with Gasteiger partial charge < -0.3 is 9.47 Å². The number of ether oxygens (including phenoxy) is 2. The van der Waals surface area contributed by atoms with Crippen LogP contribution in [0.4, 0.5) is 0 Å². The van der Waals surface area contributed by atoms with E-state index in [9.17, 15) is 0 Å². The maximum Gasteiger partial charge on any atom is 0.0519 e. The first-order valence-electron chi connectivity index (χ1n) is 7.22. The second-order valence-electron chi connectivity index (χ2n) is 6.20. The standard InChI is InChI=1S/C15H30O2/c1-11(2)16-9-14-7-6-13(5)8-15(14)10-17-12(3)4/h11-15H,6-10H2,1-5H3. The van der Waals surface area contributed by atoms with Crippen molar-refractivity contribution in [1.82, 2.24) is 0 Å². The molecule has 17 heavy (non-hydrogen) atoms. The molecular formula is C15H30O2. The zero-order valence-electron chi connectivity index (χ0n) is 12.2. The molecule has 1 rings (SSSR count). The number of rotatable bonds is 6. The van der Waals surface area contributed by atoms with Gasteiger partial charge in [-0.25, -0.2) is 0 Å². The molecule has 1 fully saturated rings. The minimum Gasteiger partial charge on any atom is -0.378 e. The molecular weight excluding hydrogens is 212 g/mol. The Hall–Kier alpha value is -0.0800. The van der Waals surface area contributed by atoms with Gasteiger partial charge >= 0.3 is 0 Å². The maximum absolute atomic E-state index is 5.81. The lowest BCUT2D eigenvalue weighted by Gasteiger charge is -2.35. The van der Waals surface area contributed by atoms with Gasteiger partial charge in [-0.2, -0.15) is 0 Å². The van der Waals surface area contributed by atoms with E-state index in [0.717, 1.165) is 19.1 Å². The van der Waals surface area contributed by atoms with E-state index >= 15 is 0 Å². The summed E-state index contributed by atoms with van der Waals surface area (Å²) >= 11 is 0. The lowest BCUT2D eigenvalue weighted by Crippen LogP contribution is -2.32. The maximum atomic E-state index is 5.81. The first kappa shape index (κ1) is 15.0. The van der Waals surface area contributed by atoms with Crippen molar-refractivity contribution < 1.29 is 9.47 Å². The van der Waals surface area contributed by atoms with Crippen molar-refractivity contribution >= 4 is 0 Å². The molecule has 0 aromatic heterocycles. The van der Waals surface area contributed by atoms with Crippen molar-refractivity contribution in [2.75, 3.05) is 13.2 Å². The second kappa shape index (κ2) is 7.38. The van der Waals surface area contributed by atoms with Gasteiger partial charge in [-0.1, -0.05) is 13.3 Å². The molecule has 0 spiro atoms. The molecule has 1 saturated carbocycles. The Morgan fingerprint density at radius 1 is 0.882 bits per heavy atom. The van der Waals surface area contributed by atoms with Gasteiger partial charge in [0.15, 0.2) is 0 Å². The molecule has 2 heteroatoms. The third-order valence-electron chi connectivity index (χ3n) is 3.69. The topological polar surface area (TPSA) is 18.5 Å². The number of hydrogen-bond acceptors (Lipinski definition) is 2. The predicted molar refractivity (Wildman–Crippen MR) is 72.2 cm³/mol. The molecule has 0 saturated heterocycles. The van der Waals surface area contributed by atoms with E-state index < -0.39 is 0 Å². The third kappa shape index (κ3) is 5.87. The first-order valence-corrected chi connectivity index (χ1v) is 7.22. The molecule has 3 unspecified atom stereocenters. The van der Waals surface area contributed by atoms with E-state index in [0.29, 0.717) is 24.0 Å². The molecule has 0 amide bonds. The van der Waals surface area contributed by atoms with E-state index in [1.165, 1.54) is 19.3 Å². The van der Waals surface area contributed by atoms with Gasteiger partial charge in [0.05, 0.1) is 25.4 Å². The van der Waals surface area contributed by atoms with Crippen molar-refractivity contribution in [3.8, 4) is 0 Å². The van der Waals surface area contributed by atoms with Crippen LogP contribution in [0.3, 0.4) is 0 Å². The zero-order valence-corrected chi connectivity index (χ0v) is 12.2. The summed E-state index contributed by atoms with van der Waals surface area (Å²) in [6.07, 6.45) is 4.66. The minimum atomic E-state index is 0.346. The molecule has 0 aromatic rings. The summed E-state index contributed by atoms with van der Waals surface area (Å²) in [5, 5.41) is 0. The minimum absolute atomic E-state index is 0.346. The van der Waals surface area contributed by atoms with Crippen molar-refractivity contribution in [1.29, 1.82) is 0 Å². The fourth-order valence-electron chi connectivity index (χ4n) is 2.62. The van der Waals surface area contributed by atoms with Gasteiger partial charge in [0.25, 0.3) is 0 Å². The van der Waals surface area contributed by atoms with Crippen LogP contribution in [0.1, 0.15) is 53.9 Å². The molecule has 3 atom stereocenters. The summed E-state index contributed by atoms with van der Waals surface area (Å²) in [6.45, 7) is 12.7. The number of hydrogen-bond donors (Lipinski definition) is 0.